The molecule has 2 aliphatic rings. The third-order valence-electron chi connectivity index (χ3n) is 2.52. The predicted molar refractivity (Wildman–Crippen MR) is 66.2 cm³/mol. The number of fused-ring (bicyclic) bond motifs is 2. The van der Waals surface area contributed by atoms with E-state index in [1.54, 1.807) is 11.6 Å². The molecule has 0 heteroatoms. The first-order valence-corrected chi connectivity index (χ1v) is 5.22. The van der Waals surface area contributed by atoms with Crippen LogP contribution in [0.3, 0.4) is 0 Å². The standard InChI is InChI=1S/C9H12.C3H6.C2H4/c1-2-8-5-7-3-4-9(8)6-7;1-3-2;1-2/h2-4,7,9H,5-6H2,1H3;3H,1H2,2H3;1-2H2/b8-2-;;. The van der Waals surface area contributed by atoms with E-state index in [2.05, 4.69) is 44.9 Å². The van der Waals surface area contributed by atoms with Crippen LogP contribution >= 0.6 is 0 Å². The van der Waals surface area contributed by atoms with Gasteiger partial charge in [-0.3, -0.25) is 0 Å². The number of rotatable bonds is 0. The molecule has 2 atom stereocenters. The van der Waals surface area contributed by atoms with Gasteiger partial charge in [0.05, 0.1) is 0 Å². The summed E-state index contributed by atoms with van der Waals surface area (Å²) in [5.41, 5.74) is 1.67. The molecule has 2 unspecified atom stereocenters. The first kappa shape index (κ1) is 13.0. The van der Waals surface area contributed by atoms with E-state index in [1.807, 2.05) is 6.92 Å². The lowest BCUT2D eigenvalue weighted by Gasteiger charge is -2.05. The van der Waals surface area contributed by atoms with E-state index >= 15 is 0 Å². The van der Waals surface area contributed by atoms with Crippen molar-refractivity contribution in [1.29, 1.82) is 0 Å². The summed E-state index contributed by atoms with van der Waals surface area (Å²) in [6, 6.07) is 0. The van der Waals surface area contributed by atoms with E-state index in [0.29, 0.717) is 0 Å². The summed E-state index contributed by atoms with van der Waals surface area (Å²) in [5, 5.41) is 0. The first-order chi connectivity index (χ1) is 6.81. The number of hydrogen-bond acceptors (Lipinski definition) is 0. The molecule has 1 saturated carbocycles. The summed E-state index contributed by atoms with van der Waals surface area (Å²) >= 11 is 0. The molecule has 0 aromatic heterocycles. The summed E-state index contributed by atoms with van der Waals surface area (Å²) < 4.78 is 0. The van der Waals surface area contributed by atoms with Gasteiger partial charge < -0.3 is 0 Å². The van der Waals surface area contributed by atoms with Crippen LogP contribution in [-0.2, 0) is 0 Å². The monoisotopic (exact) mass is 190 g/mol. The minimum Gasteiger partial charge on any atom is -0.106 e. The maximum Gasteiger partial charge on any atom is -0.00174 e. The normalized spacial score (nSPS) is 28.9. The molecule has 1 fully saturated rings. The SMILES string of the molecule is C/C=C1/CC2C=CC1C2.C=C.C=CC. The minimum atomic E-state index is 0.833. The predicted octanol–water partition coefficient (Wildman–Crippen LogP) is 4.52. The van der Waals surface area contributed by atoms with Gasteiger partial charge in [0.25, 0.3) is 0 Å². The molecule has 14 heavy (non-hydrogen) atoms. The van der Waals surface area contributed by atoms with Crippen LogP contribution in [0.25, 0.3) is 0 Å². The van der Waals surface area contributed by atoms with Crippen molar-refractivity contribution in [3.63, 3.8) is 0 Å². The Balaban J connectivity index is 0.000000294. The molecule has 2 rings (SSSR count). The van der Waals surface area contributed by atoms with Gasteiger partial charge in [0, 0.05) is 0 Å². The van der Waals surface area contributed by atoms with Crippen molar-refractivity contribution in [3.05, 3.63) is 49.6 Å². The maximum absolute atomic E-state index is 3.36. The molecule has 0 radical (unpaired) electrons. The topological polar surface area (TPSA) is 0 Å². The Hall–Kier alpha value is -1.04. The molecule has 0 saturated heterocycles. The second-order valence-electron chi connectivity index (χ2n) is 3.46. The van der Waals surface area contributed by atoms with Gasteiger partial charge in [0.15, 0.2) is 0 Å². The molecule has 0 heterocycles. The van der Waals surface area contributed by atoms with Crippen LogP contribution in [0.1, 0.15) is 26.7 Å². The summed E-state index contributed by atoms with van der Waals surface area (Å²) in [5.74, 6) is 1.74. The van der Waals surface area contributed by atoms with E-state index in [4.69, 9.17) is 0 Å². The second-order valence-corrected chi connectivity index (χ2v) is 3.46. The highest BCUT2D eigenvalue weighted by atomic mass is 14.3. The fraction of sp³-hybridized carbons (Fsp3) is 0.429. The molecular formula is C14H22. The summed E-state index contributed by atoms with van der Waals surface area (Å²) in [6.45, 7) is 13.4. The third kappa shape index (κ3) is 3.37. The van der Waals surface area contributed by atoms with Gasteiger partial charge in [-0.2, -0.15) is 0 Å². The van der Waals surface area contributed by atoms with Gasteiger partial charge in [-0.15, -0.1) is 19.7 Å². The summed E-state index contributed by atoms with van der Waals surface area (Å²) in [4.78, 5) is 0. The van der Waals surface area contributed by atoms with Crippen molar-refractivity contribution in [2.75, 3.05) is 0 Å². The van der Waals surface area contributed by atoms with Gasteiger partial charge in [-0.1, -0.05) is 29.9 Å². The zero-order valence-corrected chi connectivity index (χ0v) is 9.50. The summed E-state index contributed by atoms with van der Waals surface area (Å²) in [6.07, 6.45) is 11.5. The Morgan fingerprint density at radius 3 is 2.07 bits per heavy atom. The molecule has 0 spiro atoms. The fourth-order valence-corrected chi connectivity index (χ4v) is 1.99. The Bertz CT molecular complexity index is 220. The van der Waals surface area contributed by atoms with E-state index in [9.17, 15) is 0 Å². The average molecular weight is 190 g/mol. The smallest absolute Gasteiger partial charge is 0.00174 e. The molecular weight excluding hydrogens is 168 g/mol. The van der Waals surface area contributed by atoms with Crippen LogP contribution in [0.4, 0.5) is 0 Å². The van der Waals surface area contributed by atoms with Gasteiger partial charge >= 0.3 is 0 Å². The van der Waals surface area contributed by atoms with Crippen LogP contribution in [-0.4, -0.2) is 0 Å². The van der Waals surface area contributed by atoms with Crippen molar-refractivity contribution in [2.24, 2.45) is 11.8 Å². The Labute approximate surface area is 88.7 Å². The summed E-state index contributed by atoms with van der Waals surface area (Å²) in [7, 11) is 0. The number of allylic oxidation sites excluding steroid dienone is 5. The molecule has 0 aromatic rings. The molecule has 0 aliphatic heterocycles. The van der Waals surface area contributed by atoms with Crippen LogP contribution in [0.15, 0.2) is 49.6 Å². The quantitative estimate of drug-likeness (QED) is 0.492. The van der Waals surface area contributed by atoms with Gasteiger partial charge in [0.1, 0.15) is 0 Å². The largest absolute Gasteiger partial charge is 0.106 e. The Kier molecular flexibility index (Phi) is 6.82. The lowest BCUT2D eigenvalue weighted by atomic mass is 10.0. The molecule has 0 amide bonds. The van der Waals surface area contributed by atoms with Crippen molar-refractivity contribution < 1.29 is 0 Å². The van der Waals surface area contributed by atoms with Crippen molar-refractivity contribution >= 4 is 0 Å². The van der Waals surface area contributed by atoms with E-state index < -0.39 is 0 Å². The maximum atomic E-state index is 3.36. The Morgan fingerprint density at radius 1 is 1.29 bits per heavy atom. The van der Waals surface area contributed by atoms with Crippen LogP contribution in [0, 0.1) is 11.8 Å². The van der Waals surface area contributed by atoms with Gasteiger partial charge in [-0.05, 0) is 38.5 Å². The van der Waals surface area contributed by atoms with Crippen molar-refractivity contribution in [2.45, 2.75) is 26.7 Å². The van der Waals surface area contributed by atoms with E-state index in [0.717, 1.165) is 11.8 Å². The molecule has 0 N–H and O–H groups in total. The van der Waals surface area contributed by atoms with Crippen LogP contribution < -0.4 is 0 Å². The molecule has 0 nitrogen and oxygen atoms in total. The van der Waals surface area contributed by atoms with Gasteiger partial charge in [-0.25, -0.2) is 0 Å². The number of hydrogen-bond donors (Lipinski definition) is 0. The Morgan fingerprint density at radius 2 is 1.86 bits per heavy atom. The van der Waals surface area contributed by atoms with Gasteiger partial charge in [0.2, 0.25) is 0 Å². The second kappa shape index (κ2) is 7.37. The lowest BCUT2D eigenvalue weighted by Crippen LogP contribution is -1.90. The highest BCUT2D eigenvalue weighted by Crippen LogP contribution is 2.42. The highest BCUT2D eigenvalue weighted by molar-refractivity contribution is 5.26. The van der Waals surface area contributed by atoms with E-state index in [1.165, 1.54) is 12.8 Å². The minimum absolute atomic E-state index is 0.833. The molecule has 2 aliphatic carbocycles. The highest BCUT2D eigenvalue weighted by Gasteiger charge is 2.29. The average Bonchev–Trinajstić information content (AvgIpc) is 2.83. The van der Waals surface area contributed by atoms with E-state index in [-0.39, 0.29) is 0 Å². The first-order valence-electron chi connectivity index (χ1n) is 5.22. The lowest BCUT2D eigenvalue weighted by molar-refractivity contribution is 0.693. The van der Waals surface area contributed by atoms with Crippen molar-refractivity contribution in [3.8, 4) is 0 Å². The molecule has 78 valence electrons. The van der Waals surface area contributed by atoms with Crippen molar-refractivity contribution in [1.82, 2.24) is 0 Å². The zero-order valence-electron chi connectivity index (χ0n) is 9.50. The van der Waals surface area contributed by atoms with Crippen LogP contribution in [0.2, 0.25) is 0 Å². The fourth-order valence-electron chi connectivity index (χ4n) is 1.99. The molecule has 0 aromatic carbocycles. The molecule has 2 bridgehead atoms. The third-order valence-corrected chi connectivity index (χ3v) is 2.52. The van der Waals surface area contributed by atoms with Crippen LogP contribution in [0.5, 0.6) is 0 Å². The zero-order chi connectivity index (χ0) is 11.0.